The van der Waals surface area contributed by atoms with Gasteiger partial charge in [0, 0.05) is 6.42 Å². The zero-order chi connectivity index (χ0) is 24.7. The number of amides is 1. The maximum atomic E-state index is 11.6. The van der Waals surface area contributed by atoms with E-state index in [4.69, 9.17) is 4.74 Å². The second-order valence-corrected chi connectivity index (χ2v) is 9.50. The number of carbonyl (C=O) groups is 1. The quantitative estimate of drug-likeness (QED) is 0.172. The monoisotopic (exact) mass is 467 g/mol. The van der Waals surface area contributed by atoms with E-state index in [1.807, 2.05) is 43.3 Å². The predicted molar refractivity (Wildman–Crippen MR) is 140 cm³/mol. The van der Waals surface area contributed by atoms with Crippen molar-refractivity contribution in [2.24, 2.45) is 10.2 Å². The van der Waals surface area contributed by atoms with Crippen LogP contribution in [0.25, 0.3) is 0 Å². The van der Waals surface area contributed by atoms with Gasteiger partial charge in [-0.05, 0) is 61.2 Å². The van der Waals surface area contributed by atoms with Crippen LogP contribution in [0.2, 0.25) is 0 Å². The summed E-state index contributed by atoms with van der Waals surface area (Å²) >= 11 is 0. The molecule has 2 rings (SSSR count). The number of likely N-dealkylation sites (N-methyl/N-ethyl adjacent to an activating group) is 1. The molecule has 1 N–H and O–H groups in total. The van der Waals surface area contributed by atoms with Crippen molar-refractivity contribution in [3.05, 3.63) is 54.1 Å². The second kappa shape index (κ2) is 15.2. The Labute approximate surface area is 206 Å². The normalized spacial score (nSPS) is 11.6. The maximum absolute atomic E-state index is 11.6. The average Bonchev–Trinajstić information content (AvgIpc) is 2.82. The van der Waals surface area contributed by atoms with Crippen LogP contribution in [0, 0.1) is 0 Å². The first kappa shape index (κ1) is 27.5. The van der Waals surface area contributed by atoms with Gasteiger partial charge >= 0.3 is 0 Å². The van der Waals surface area contributed by atoms with Crippen LogP contribution in [0.4, 0.5) is 11.4 Å². The van der Waals surface area contributed by atoms with Crippen molar-refractivity contribution in [3.8, 4) is 5.75 Å². The number of ether oxygens (including phenoxy) is 1. The molecule has 0 aromatic heterocycles. The van der Waals surface area contributed by atoms with E-state index in [0.717, 1.165) is 47.5 Å². The molecule has 0 bridgehead atoms. The van der Waals surface area contributed by atoms with Crippen LogP contribution < -0.4 is 10.1 Å². The molecular formula is C28H43N4O2+. The standard InChI is InChI=1S/C28H42N4O2/c1-5-7-8-9-11-24-12-14-25(15-13-24)30-31-26-16-18-27(19-17-26)34-23-22-32(3,4)21-20-29-28(33)10-6-2/h12-19H,5-11,20-23H2,1-4H3/p+1. The van der Waals surface area contributed by atoms with E-state index in [2.05, 4.69) is 48.7 Å². The Balaban J connectivity index is 1.72. The van der Waals surface area contributed by atoms with Crippen LogP contribution in [-0.4, -0.2) is 50.7 Å². The molecular weight excluding hydrogens is 424 g/mol. The highest BCUT2D eigenvalue weighted by Gasteiger charge is 2.15. The van der Waals surface area contributed by atoms with E-state index < -0.39 is 0 Å². The van der Waals surface area contributed by atoms with Gasteiger partial charge in [-0.1, -0.05) is 45.2 Å². The zero-order valence-electron chi connectivity index (χ0n) is 21.6. The molecule has 2 aromatic carbocycles. The molecule has 0 saturated carbocycles. The van der Waals surface area contributed by atoms with Crippen LogP contribution in [0.15, 0.2) is 58.8 Å². The van der Waals surface area contributed by atoms with Gasteiger partial charge in [0.15, 0.2) is 0 Å². The molecule has 6 heteroatoms. The van der Waals surface area contributed by atoms with Crippen molar-refractivity contribution < 1.29 is 14.0 Å². The number of azo groups is 1. The van der Waals surface area contributed by atoms with E-state index >= 15 is 0 Å². The summed E-state index contributed by atoms with van der Waals surface area (Å²) in [6.07, 6.45) is 7.73. The van der Waals surface area contributed by atoms with Gasteiger partial charge in [0.25, 0.3) is 0 Å². The van der Waals surface area contributed by atoms with Gasteiger partial charge < -0.3 is 14.5 Å². The largest absolute Gasteiger partial charge is 0.488 e. The van der Waals surface area contributed by atoms with Crippen molar-refractivity contribution in [2.45, 2.75) is 58.8 Å². The SMILES string of the molecule is CCCCCCc1ccc(N=Nc2ccc(OCC[N+](C)(C)CCNC(=O)CCC)cc2)cc1. The molecule has 0 spiro atoms. The number of hydrogen-bond acceptors (Lipinski definition) is 4. The van der Waals surface area contributed by atoms with Gasteiger partial charge in [-0.2, -0.15) is 10.2 Å². The predicted octanol–water partition coefficient (Wildman–Crippen LogP) is 6.60. The van der Waals surface area contributed by atoms with Crippen LogP contribution in [0.5, 0.6) is 5.75 Å². The number of nitrogens with one attached hydrogen (secondary N) is 1. The number of quaternary nitrogens is 1. The minimum Gasteiger partial charge on any atom is -0.488 e. The van der Waals surface area contributed by atoms with Gasteiger partial charge in [0.05, 0.1) is 38.6 Å². The van der Waals surface area contributed by atoms with E-state index in [1.54, 1.807) is 0 Å². The topological polar surface area (TPSA) is 63.1 Å². The van der Waals surface area contributed by atoms with E-state index in [0.29, 0.717) is 19.6 Å². The summed E-state index contributed by atoms with van der Waals surface area (Å²) in [7, 11) is 4.30. The third kappa shape index (κ3) is 11.4. The summed E-state index contributed by atoms with van der Waals surface area (Å²) < 4.78 is 6.70. The highest BCUT2D eigenvalue weighted by Crippen LogP contribution is 2.22. The van der Waals surface area contributed by atoms with Crippen LogP contribution >= 0.6 is 0 Å². The van der Waals surface area contributed by atoms with E-state index in [9.17, 15) is 4.79 Å². The van der Waals surface area contributed by atoms with Gasteiger partial charge in [-0.15, -0.1) is 0 Å². The minimum atomic E-state index is 0.130. The summed E-state index contributed by atoms with van der Waals surface area (Å²) in [5, 5.41) is 11.7. The lowest BCUT2D eigenvalue weighted by Crippen LogP contribution is -2.47. The lowest BCUT2D eigenvalue weighted by molar-refractivity contribution is -0.889. The number of nitrogens with zero attached hydrogens (tertiary/aromatic N) is 3. The third-order valence-electron chi connectivity index (χ3n) is 5.85. The molecule has 0 aliphatic rings. The van der Waals surface area contributed by atoms with Crippen molar-refractivity contribution in [1.29, 1.82) is 0 Å². The molecule has 0 unspecified atom stereocenters. The van der Waals surface area contributed by atoms with Gasteiger partial charge in [-0.25, -0.2) is 0 Å². The molecule has 2 aromatic rings. The van der Waals surface area contributed by atoms with Gasteiger partial charge in [0.1, 0.15) is 18.9 Å². The molecule has 6 nitrogen and oxygen atoms in total. The molecule has 34 heavy (non-hydrogen) atoms. The number of unbranched alkanes of at least 4 members (excludes halogenated alkanes) is 3. The number of hydrogen-bond donors (Lipinski definition) is 1. The minimum absolute atomic E-state index is 0.130. The van der Waals surface area contributed by atoms with Crippen LogP contribution in [0.3, 0.4) is 0 Å². The van der Waals surface area contributed by atoms with Crippen LogP contribution in [0.1, 0.15) is 57.9 Å². The second-order valence-electron chi connectivity index (χ2n) is 9.50. The van der Waals surface area contributed by atoms with Crippen LogP contribution in [-0.2, 0) is 11.2 Å². The summed E-state index contributed by atoms with van der Waals surface area (Å²) in [6.45, 7) is 7.29. The fourth-order valence-corrected chi connectivity index (χ4v) is 3.55. The van der Waals surface area contributed by atoms with Crippen molar-refractivity contribution in [2.75, 3.05) is 40.3 Å². The summed E-state index contributed by atoms with van der Waals surface area (Å²) in [5.41, 5.74) is 3.03. The number of aryl methyl sites for hydroxylation is 1. The summed E-state index contributed by atoms with van der Waals surface area (Å²) in [5.74, 6) is 0.952. The van der Waals surface area contributed by atoms with E-state index in [1.165, 1.54) is 31.2 Å². The molecule has 0 aliphatic carbocycles. The molecule has 0 atom stereocenters. The fraction of sp³-hybridized carbons (Fsp3) is 0.536. The number of rotatable bonds is 16. The molecule has 1 amide bonds. The highest BCUT2D eigenvalue weighted by atomic mass is 16.5. The van der Waals surface area contributed by atoms with Crippen molar-refractivity contribution in [1.82, 2.24) is 5.32 Å². The van der Waals surface area contributed by atoms with E-state index in [-0.39, 0.29) is 5.91 Å². The van der Waals surface area contributed by atoms with Gasteiger partial charge in [0.2, 0.25) is 5.91 Å². The number of carbonyl (C=O) groups excluding carboxylic acids is 1. The molecule has 0 saturated heterocycles. The Hall–Kier alpha value is -2.73. The lowest BCUT2D eigenvalue weighted by atomic mass is 10.1. The molecule has 186 valence electrons. The smallest absolute Gasteiger partial charge is 0.220 e. The summed E-state index contributed by atoms with van der Waals surface area (Å²) in [4.78, 5) is 11.6. The first-order valence-electron chi connectivity index (χ1n) is 12.7. The van der Waals surface area contributed by atoms with Crippen molar-refractivity contribution >= 4 is 17.3 Å². The molecule has 0 fully saturated rings. The zero-order valence-corrected chi connectivity index (χ0v) is 21.6. The maximum Gasteiger partial charge on any atom is 0.220 e. The first-order valence-corrected chi connectivity index (χ1v) is 12.7. The molecule has 0 heterocycles. The molecule has 0 radical (unpaired) electrons. The Morgan fingerprint density at radius 3 is 2.12 bits per heavy atom. The van der Waals surface area contributed by atoms with Crippen molar-refractivity contribution in [3.63, 3.8) is 0 Å². The Morgan fingerprint density at radius 1 is 0.853 bits per heavy atom. The third-order valence-corrected chi connectivity index (χ3v) is 5.85. The Kier molecular flexibility index (Phi) is 12.3. The average molecular weight is 468 g/mol. The first-order chi connectivity index (χ1) is 16.4. The Morgan fingerprint density at radius 2 is 1.50 bits per heavy atom. The van der Waals surface area contributed by atoms with Gasteiger partial charge in [-0.3, -0.25) is 4.79 Å². The molecule has 0 aliphatic heterocycles. The summed E-state index contributed by atoms with van der Waals surface area (Å²) in [6, 6.07) is 16.1. The lowest BCUT2D eigenvalue weighted by Gasteiger charge is -2.29. The Bertz CT molecular complexity index is 861. The fourth-order valence-electron chi connectivity index (χ4n) is 3.55. The number of benzene rings is 2. The highest BCUT2D eigenvalue weighted by molar-refractivity contribution is 5.75.